The van der Waals surface area contributed by atoms with Crippen molar-refractivity contribution in [1.29, 1.82) is 0 Å². The molecule has 0 unspecified atom stereocenters. The molecule has 134 valence electrons. The first-order chi connectivity index (χ1) is 11.9. The maximum Gasteiger partial charge on any atom is 0.408 e. The van der Waals surface area contributed by atoms with Gasteiger partial charge in [0.2, 0.25) is 0 Å². The number of hydrogen-bond acceptors (Lipinski definition) is 4. The number of H-pyrrole nitrogens is 1. The van der Waals surface area contributed by atoms with Crippen molar-refractivity contribution < 1.29 is 9.53 Å². The van der Waals surface area contributed by atoms with Gasteiger partial charge in [0.05, 0.1) is 12.6 Å². The van der Waals surface area contributed by atoms with Crippen molar-refractivity contribution in [2.75, 3.05) is 5.32 Å². The van der Waals surface area contributed by atoms with Crippen LogP contribution in [0.25, 0.3) is 0 Å². The van der Waals surface area contributed by atoms with Gasteiger partial charge in [-0.1, -0.05) is 6.07 Å². The average molecular weight is 342 g/mol. The van der Waals surface area contributed by atoms with Crippen LogP contribution in [0.5, 0.6) is 0 Å². The Labute approximate surface area is 148 Å². The van der Waals surface area contributed by atoms with Gasteiger partial charge in [0.25, 0.3) is 0 Å². The average Bonchev–Trinajstić information content (AvgIpc) is 3.05. The van der Waals surface area contributed by atoms with Crippen molar-refractivity contribution in [2.24, 2.45) is 0 Å². The van der Waals surface area contributed by atoms with Crippen LogP contribution < -0.4 is 10.6 Å². The van der Waals surface area contributed by atoms with Gasteiger partial charge in [-0.2, -0.15) is 0 Å². The van der Waals surface area contributed by atoms with Gasteiger partial charge in [-0.25, -0.2) is 9.78 Å². The summed E-state index contributed by atoms with van der Waals surface area (Å²) in [6.45, 7) is 6.25. The second-order valence-electron chi connectivity index (χ2n) is 7.39. The molecule has 1 aliphatic carbocycles. The summed E-state index contributed by atoms with van der Waals surface area (Å²) in [6.07, 6.45) is 6.22. The molecule has 0 aliphatic heterocycles. The monoisotopic (exact) mass is 342 g/mol. The summed E-state index contributed by atoms with van der Waals surface area (Å²) in [7, 11) is 0. The van der Waals surface area contributed by atoms with Gasteiger partial charge in [-0.05, 0) is 63.3 Å². The number of carbonyl (C=O) groups is 1. The van der Waals surface area contributed by atoms with Crippen molar-refractivity contribution in [3.63, 3.8) is 0 Å². The third kappa shape index (κ3) is 4.75. The highest BCUT2D eigenvalue weighted by Crippen LogP contribution is 2.32. The summed E-state index contributed by atoms with van der Waals surface area (Å²) in [6, 6.07) is 6.34. The van der Waals surface area contributed by atoms with Gasteiger partial charge in [-0.3, -0.25) is 0 Å². The molecule has 1 amide bonds. The molecule has 1 atom stereocenters. The third-order valence-corrected chi connectivity index (χ3v) is 4.17. The fourth-order valence-electron chi connectivity index (χ4n) is 3.09. The van der Waals surface area contributed by atoms with E-state index in [9.17, 15) is 4.79 Å². The van der Waals surface area contributed by atoms with Gasteiger partial charge in [0, 0.05) is 18.1 Å². The van der Waals surface area contributed by atoms with Crippen LogP contribution in [0.2, 0.25) is 0 Å². The van der Waals surface area contributed by atoms with Crippen LogP contribution >= 0.6 is 0 Å². The predicted molar refractivity (Wildman–Crippen MR) is 97.4 cm³/mol. The molecule has 1 aromatic carbocycles. The van der Waals surface area contributed by atoms with Gasteiger partial charge in [0.15, 0.2) is 0 Å². The molecule has 1 heterocycles. The number of carbonyl (C=O) groups excluding carboxylic acids is 1. The number of benzene rings is 1. The first-order valence-electron chi connectivity index (χ1n) is 8.75. The highest BCUT2D eigenvalue weighted by molar-refractivity contribution is 5.69. The molecule has 0 bridgehead atoms. The number of aromatic nitrogens is 2. The zero-order valence-corrected chi connectivity index (χ0v) is 15.1. The number of nitrogens with one attached hydrogen (secondary N) is 3. The van der Waals surface area contributed by atoms with E-state index in [-0.39, 0.29) is 12.1 Å². The van der Waals surface area contributed by atoms with Gasteiger partial charge >= 0.3 is 6.09 Å². The Bertz CT molecular complexity index is 720. The number of nitrogens with zero attached hydrogens (tertiary/aromatic N) is 1. The van der Waals surface area contributed by atoms with Crippen molar-refractivity contribution in [3.05, 3.63) is 47.5 Å². The molecule has 0 spiro atoms. The standard InChI is InChI=1S/C19H26N4O2/c1-19(2,3)25-18(24)23-16-6-4-5-13-7-8-14(11-15(13)16)22-12-17-20-9-10-21-17/h7-11,16,22H,4-6,12H2,1-3H3,(H,20,21)(H,23,24)/t16-/m1/s1. The van der Waals surface area contributed by atoms with E-state index in [0.29, 0.717) is 6.54 Å². The number of hydrogen-bond donors (Lipinski definition) is 3. The highest BCUT2D eigenvalue weighted by Gasteiger charge is 2.24. The molecule has 6 nitrogen and oxygen atoms in total. The smallest absolute Gasteiger partial charge is 0.408 e. The fraction of sp³-hybridized carbons (Fsp3) is 0.474. The third-order valence-electron chi connectivity index (χ3n) is 4.17. The Kier molecular flexibility index (Phi) is 4.97. The number of imidazole rings is 1. The summed E-state index contributed by atoms with van der Waals surface area (Å²) >= 11 is 0. The summed E-state index contributed by atoms with van der Waals surface area (Å²) < 4.78 is 5.40. The van der Waals surface area contributed by atoms with Crippen molar-refractivity contribution in [1.82, 2.24) is 15.3 Å². The minimum absolute atomic E-state index is 0.0102. The molecule has 6 heteroatoms. The number of alkyl carbamates (subject to hydrolysis) is 1. The summed E-state index contributed by atoms with van der Waals surface area (Å²) in [5.74, 6) is 0.890. The molecular formula is C19H26N4O2. The molecule has 0 saturated carbocycles. The molecule has 2 aromatic rings. The van der Waals surface area contributed by atoms with Crippen LogP contribution in [-0.4, -0.2) is 21.7 Å². The topological polar surface area (TPSA) is 79.0 Å². The van der Waals surface area contributed by atoms with Gasteiger partial charge in [-0.15, -0.1) is 0 Å². The summed E-state index contributed by atoms with van der Waals surface area (Å²) in [5.41, 5.74) is 2.99. The SMILES string of the molecule is CC(C)(C)OC(=O)N[C@@H]1CCCc2ccc(NCc3ncc[nH]3)cc21. The van der Waals surface area contributed by atoms with E-state index in [0.717, 1.165) is 30.8 Å². The molecule has 1 aliphatic rings. The number of fused-ring (bicyclic) bond motifs is 1. The van der Waals surface area contributed by atoms with E-state index in [1.807, 2.05) is 27.0 Å². The molecule has 0 fully saturated rings. The molecule has 0 radical (unpaired) electrons. The fourth-order valence-corrected chi connectivity index (χ4v) is 3.09. The van der Waals surface area contributed by atoms with Crippen molar-refractivity contribution >= 4 is 11.8 Å². The lowest BCUT2D eigenvalue weighted by Gasteiger charge is -2.28. The molecule has 0 saturated heterocycles. The van der Waals surface area contributed by atoms with Crippen LogP contribution in [0, 0.1) is 0 Å². The van der Waals surface area contributed by atoms with Gasteiger partial charge < -0.3 is 20.4 Å². The molecule has 1 aromatic heterocycles. The molecular weight excluding hydrogens is 316 g/mol. The van der Waals surface area contributed by atoms with E-state index in [1.165, 1.54) is 11.1 Å². The Morgan fingerprint density at radius 1 is 1.40 bits per heavy atom. The van der Waals surface area contributed by atoms with E-state index in [1.54, 1.807) is 6.20 Å². The Morgan fingerprint density at radius 2 is 2.24 bits per heavy atom. The lowest BCUT2D eigenvalue weighted by Crippen LogP contribution is -2.36. The maximum absolute atomic E-state index is 12.1. The Hall–Kier alpha value is -2.50. The number of amides is 1. The van der Waals surface area contributed by atoms with E-state index in [4.69, 9.17) is 4.74 Å². The van der Waals surface area contributed by atoms with E-state index < -0.39 is 5.60 Å². The number of aryl methyl sites for hydroxylation is 1. The number of rotatable bonds is 4. The van der Waals surface area contributed by atoms with Crippen LogP contribution in [0.15, 0.2) is 30.6 Å². The van der Waals surface area contributed by atoms with Crippen LogP contribution in [0.4, 0.5) is 10.5 Å². The van der Waals surface area contributed by atoms with E-state index >= 15 is 0 Å². The lowest BCUT2D eigenvalue weighted by molar-refractivity contribution is 0.0498. The number of anilines is 1. The highest BCUT2D eigenvalue weighted by atomic mass is 16.6. The number of aromatic amines is 1. The Balaban J connectivity index is 1.70. The second kappa shape index (κ2) is 7.17. The Morgan fingerprint density at radius 3 is 2.96 bits per heavy atom. The van der Waals surface area contributed by atoms with Crippen LogP contribution in [-0.2, 0) is 17.7 Å². The van der Waals surface area contributed by atoms with Crippen molar-refractivity contribution in [3.8, 4) is 0 Å². The minimum atomic E-state index is -0.492. The molecule has 25 heavy (non-hydrogen) atoms. The zero-order valence-electron chi connectivity index (χ0n) is 15.1. The first-order valence-corrected chi connectivity index (χ1v) is 8.75. The van der Waals surface area contributed by atoms with Crippen LogP contribution in [0.1, 0.15) is 56.6 Å². The number of ether oxygens (including phenoxy) is 1. The lowest BCUT2D eigenvalue weighted by atomic mass is 9.87. The second-order valence-corrected chi connectivity index (χ2v) is 7.39. The maximum atomic E-state index is 12.1. The summed E-state index contributed by atoms with van der Waals surface area (Å²) in [4.78, 5) is 19.4. The summed E-state index contributed by atoms with van der Waals surface area (Å²) in [5, 5.41) is 6.39. The zero-order chi connectivity index (χ0) is 17.9. The van der Waals surface area contributed by atoms with Crippen molar-refractivity contribution in [2.45, 2.75) is 58.2 Å². The molecule has 3 rings (SSSR count). The first kappa shape index (κ1) is 17.3. The largest absolute Gasteiger partial charge is 0.444 e. The van der Waals surface area contributed by atoms with Crippen LogP contribution in [0.3, 0.4) is 0 Å². The van der Waals surface area contributed by atoms with E-state index in [2.05, 4.69) is 38.8 Å². The molecule has 3 N–H and O–H groups in total. The van der Waals surface area contributed by atoms with Gasteiger partial charge in [0.1, 0.15) is 11.4 Å². The minimum Gasteiger partial charge on any atom is -0.444 e. The quantitative estimate of drug-likeness (QED) is 0.787. The normalized spacial score (nSPS) is 16.8. The predicted octanol–water partition coefficient (Wildman–Crippen LogP) is 3.92.